The van der Waals surface area contributed by atoms with E-state index in [0.717, 1.165) is 12.0 Å². The lowest BCUT2D eigenvalue weighted by Gasteiger charge is -2.29. The SMILES string of the molecule is O=C(NCCc1ccccc1)C1c2ccccc2OCC(=O)N1CCCn1ccnc1. The lowest BCUT2D eigenvalue weighted by atomic mass is 10.0. The molecule has 0 saturated carbocycles. The summed E-state index contributed by atoms with van der Waals surface area (Å²) in [7, 11) is 0. The smallest absolute Gasteiger partial charge is 0.261 e. The highest BCUT2D eigenvalue weighted by molar-refractivity contribution is 5.90. The van der Waals surface area contributed by atoms with Crippen LogP contribution in [0.25, 0.3) is 0 Å². The van der Waals surface area contributed by atoms with Gasteiger partial charge in [-0.15, -0.1) is 0 Å². The van der Waals surface area contributed by atoms with Crippen molar-refractivity contribution in [3.8, 4) is 5.75 Å². The number of hydrogen-bond donors (Lipinski definition) is 1. The first-order valence-corrected chi connectivity index (χ1v) is 10.5. The van der Waals surface area contributed by atoms with Crippen LogP contribution in [0.15, 0.2) is 73.3 Å². The number of imidazole rings is 1. The molecular formula is C24H26N4O3. The van der Waals surface area contributed by atoms with E-state index >= 15 is 0 Å². The number of hydrogen-bond acceptors (Lipinski definition) is 4. The van der Waals surface area contributed by atoms with Crippen LogP contribution in [0.3, 0.4) is 0 Å². The van der Waals surface area contributed by atoms with Crippen LogP contribution in [0.4, 0.5) is 0 Å². The molecule has 1 unspecified atom stereocenters. The summed E-state index contributed by atoms with van der Waals surface area (Å²) < 4.78 is 7.67. The van der Waals surface area contributed by atoms with E-state index in [9.17, 15) is 9.59 Å². The Bertz CT molecular complexity index is 1000. The Hall–Kier alpha value is -3.61. The van der Waals surface area contributed by atoms with E-state index in [1.807, 2.05) is 65.4 Å². The third-order valence-corrected chi connectivity index (χ3v) is 5.38. The topological polar surface area (TPSA) is 76.5 Å². The van der Waals surface area contributed by atoms with E-state index in [1.54, 1.807) is 17.4 Å². The average Bonchev–Trinajstić information content (AvgIpc) is 3.27. The number of carbonyl (C=O) groups excluding carboxylic acids is 2. The molecule has 7 heteroatoms. The second kappa shape index (κ2) is 9.93. The number of carbonyl (C=O) groups is 2. The molecule has 1 N–H and O–H groups in total. The molecule has 0 spiro atoms. The fourth-order valence-electron chi connectivity index (χ4n) is 3.82. The van der Waals surface area contributed by atoms with Gasteiger partial charge >= 0.3 is 0 Å². The molecular weight excluding hydrogens is 392 g/mol. The summed E-state index contributed by atoms with van der Waals surface area (Å²) in [5.74, 6) is 0.200. The van der Waals surface area contributed by atoms with E-state index in [4.69, 9.17) is 4.74 Å². The Morgan fingerprint density at radius 3 is 2.71 bits per heavy atom. The second-order valence-corrected chi connectivity index (χ2v) is 7.50. The van der Waals surface area contributed by atoms with E-state index in [1.165, 1.54) is 0 Å². The highest BCUT2D eigenvalue weighted by Crippen LogP contribution is 2.32. The molecule has 0 fully saturated rings. The number of para-hydroxylation sites is 1. The molecule has 1 aliphatic rings. The van der Waals surface area contributed by atoms with E-state index in [2.05, 4.69) is 10.3 Å². The maximum atomic E-state index is 13.3. The Balaban J connectivity index is 1.49. The van der Waals surface area contributed by atoms with Gasteiger partial charge < -0.3 is 19.5 Å². The predicted molar refractivity (Wildman–Crippen MR) is 116 cm³/mol. The summed E-state index contributed by atoms with van der Waals surface area (Å²) >= 11 is 0. The van der Waals surface area contributed by atoms with Crippen molar-refractivity contribution >= 4 is 11.8 Å². The molecule has 0 bridgehead atoms. The minimum absolute atomic E-state index is 0.0735. The summed E-state index contributed by atoms with van der Waals surface area (Å²) in [6.45, 7) is 1.59. The van der Waals surface area contributed by atoms with Crippen LogP contribution in [-0.2, 0) is 22.6 Å². The molecule has 4 rings (SSSR count). The summed E-state index contributed by atoms with van der Waals surface area (Å²) in [5, 5.41) is 3.02. The zero-order valence-electron chi connectivity index (χ0n) is 17.3. The van der Waals surface area contributed by atoms with Crippen LogP contribution in [0.1, 0.15) is 23.6 Å². The first-order chi connectivity index (χ1) is 15.2. The lowest BCUT2D eigenvalue weighted by Crippen LogP contribution is -2.45. The molecule has 2 heterocycles. The van der Waals surface area contributed by atoms with Crippen LogP contribution in [0.2, 0.25) is 0 Å². The number of benzene rings is 2. The molecule has 160 valence electrons. The minimum Gasteiger partial charge on any atom is -0.483 e. The van der Waals surface area contributed by atoms with Crippen molar-refractivity contribution in [2.45, 2.75) is 25.4 Å². The number of rotatable bonds is 8. The van der Waals surface area contributed by atoms with Gasteiger partial charge in [0.25, 0.3) is 5.91 Å². The maximum Gasteiger partial charge on any atom is 0.261 e. The Labute approximate surface area is 181 Å². The quantitative estimate of drug-likeness (QED) is 0.610. The normalized spacial score (nSPS) is 15.7. The van der Waals surface area contributed by atoms with Crippen molar-refractivity contribution in [1.29, 1.82) is 0 Å². The van der Waals surface area contributed by atoms with Crippen molar-refractivity contribution < 1.29 is 14.3 Å². The first-order valence-electron chi connectivity index (χ1n) is 10.5. The number of nitrogens with one attached hydrogen (secondary N) is 1. The average molecular weight is 418 g/mol. The van der Waals surface area contributed by atoms with Gasteiger partial charge in [-0.2, -0.15) is 0 Å². The molecule has 0 saturated heterocycles. The summed E-state index contributed by atoms with van der Waals surface area (Å²) in [5.41, 5.74) is 1.87. The van der Waals surface area contributed by atoms with E-state index in [-0.39, 0.29) is 18.4 Å². The molecule has 31 heavy (non-hydrogen) atoms. The zero-order chi connectivity index (χ0) is 21.5. The summed E-state index contributed by atoms with van der Waals surface area (Å²) in [6.07, 6.45) is 6.79. The minimum atomic E-state index is -0.718. The van der Waals surface area contributed by atoms with Gasteiger partial charge in [-0.1, -0.05) is 48.5 Å². The first kappa shape index (κ1) is 20.7. The van der Waals surface area contributed by atoms with Crippen molar-refractivity contribution in [2.75, 3.05) is 19.7 Å². The Kier molecular flexibility index (Phi) is 6.62. The van der Waals surface area contributed by atoms with Gasteiger partial charge in [-0.25, -0.2) is 4.98 Å². The van der Waals surface area contributed by atoms with E-state index < -0.39 is 6.04 Å². The zero-order valence-corrected chi connectivity index (χ0v) is 17.3. The molecule has 3 aromatic rings. The Morgan fingerprint density at radius 1 is 1.10 bits per heavy atom. The maximum absolute atomic E-state index is 13.3. The van der Waals surface area contributed by atoms with Gasteiger partial charge in [0.2, 0.25) is 5.91 Å². The van der Waals surface area contributed by atoms with Gasteiger partial charge in [0, 0.05) is 37.6 Å². The molecule has 1 aromatic heterocycles. The molecule has 0 aliphatic carbocycles. The molecule has 7 nitrogen and oxygen atoms in total. The highest BCUT2D eigenvalue weighted by Gasteiger charge is 2.35. The van der Waals surface area contributed by atoms with Gasteiger partial charge in [0.1, 0.15) is 11.8 Å². The van der Waals surface area contributed by atoms with Crippen LogP contribution in [0, 0.1) is 0 Å². The van der Waals surface area contributed by atoms with Crippen molar-refractivity contribution in [3.63, 3.8) is 0 Å². The number of fused-ring (bicyclic) bond motifs is 1. The van der Waals surface area contributed by atoms with Crippen LogP contribution < -0.4 is 10.1 Å². The number of aryl methyl sites for hydroxylation is 1. The lowest BCUT2D eigenvalue weighted by molar-refractivity contribution is -0.141. The molecule has 0 radical (unpaired) electrons. The van der Waals surface area contributed by atoms with Crippen LogP contribution in [-0.4, -0.2) is 46.0 Å². The Morgan fingerprint density at radius 2 is 1.90 bits per heavy atom. The molecule has 1 atom stereocenters. The standard InChI is InChI=1S/C24H26N4O3/c29-22-17-31-21-10-5-4-9-20(21)23(28(22)15-6-14-27-16-13-25-18-27)24(30)26-12-11-19-7-2-1-3-8-19/h1-5,7-10,13,16,18,23H,6,11-12,14-15,17H2,(H,26,30). The van der Waals surface area contributed by atoms with Crippen LogP contribution >= 0.6 is 0 Å². The number of aromatic nitrogens is 2. The van der Waals surface area contributed by atoms with Crippen LogP contribution in [0.5, 0.6) is 5.75 Å². The van der Waals surface area contributed by atoms with Crippen molar-refractivity contribution in [2.24, 2.45) is 0 Å². The third kappa shape index (κ3) is 5.12. The fourth-order valence-corrected chi connectivity index (χ4v) is 3.82. The number of ether oxygens (including phenoxy) is 1. The van der Waals surface area contributed by atoms with Gasteiger partial charge in [-0.3, -0.25) is 9.59 Å². The number of amides is 2. The van der Waals surface area contributed by atoms with E-state index in [0.29, 0.717) is 37.4 Å². The second-order valence-electron chi connectivity index (χ2n) is 7.50. The fraction of sp³-hybridized carbons (Fsp3) is 0.292. The van der Waals surface area contributed by atoms with Crippen molar-refractivity contribution in [1.82, 2.24) is 19.8 Å². The summed E-state index contributed by atoms with van der Waals surface area (Å²) in [6, 6.07) is 16.7. The molecule has 1 aliphatic heterocycles. The van der Waals surface area contributed by atoms with Gasteiger partial charge in [0.15, 0.2) is 6.61 Å². The monoisotopic (exact) mass is 418 g/mol. The van der Waals surface area contributed by atoms with Crippen molar-refractivity contribution in [3.05, 3.63) is 84.4 Å². The number of nitrogens with zero attached hydrogens (tertiary/aromatic N) is 3. The summed E-state index contributed by atoms with van der Waals surface area (Å²) in [4.78, 5) is 31.8. The van der Waals surface area contributed by atoms with Gasteiger partial charge in [-0.05, 0) is 24.5 Å². The molecule has 2 aromatic carbocycles. The third-order valence-electron chi connectivity index (χ3n) is 5.38. The van der Waals surface area contributed by atoms with Gasteiger partial charge in [0.05, 0.1) is 6.33 Å². The predicted octanol–water partition coefficient (Wildman–Crippen LogP) is 2.59. The largest absolute Gasteiger partial charge is 0.483 e. The highest BCUT2D eigenvalue weighted by atomic mass is 16.5. The molecule has 2 amide bonds.